The molecule has 0 saturated carbocycles. The lowest BCUT2D eigenvalue weighted by Gasteiger charge is -2.22. The number of carbonyl (C=O) groups excluding carboxylic acids is 1. The van der Waals surface area contributed by atoms with Crippen molar-refractivity contribution in [3.63, 3.8) is 0 Å². The van der Waals surface area contributed by atoms with E-state index < -0.39 is 5.82 Å². The summed E-state index contributed by atoms with van der Waals surface area (Å²) in [7, 11) is 1.38. The Morgan fingerprint density at radius 3 is 2.50 bits per heavy atom. The van der Waals surface area contributed by atoms with Gasteiger partial charge >= 0.3 is 0 Å². The van der Waals surface area contributed by atoms with Gasteiger partial charge in [-0.1, -0.05) is 19.1 Å². The summed E-state index contributed by atoms with van der Waals surface area (Å²) < 4.78 is 18.7. The smallest absolute Gasteiger partial charge is 0.254 e. The summed E-state index contributed by atoms with van der Waals surface area (Å²) in [6.45, 7) is 2.95. The number of methoxy groups -OCH3 is 1. The standard InChI is InChI=1S/C19H19FN2O2/c1-3-10-22(13-15-6-4-14(12-21)5-7-15)19(23)16-8-9-18(24-2)17(20)11-16/h4-9,11H,3,10,13H2,1-2H3. The SMILES string of the molecule is CCCN(Cc1ccc(C#N)cc1)C(=O)c1ccc(OC)c(F)c1. The average Bonchev–Trinajstić information content (AvgIpc) is 2.61. The highest BCUT2D eigenvalue weighted by Crippen LogP contribution is 2.19. The fourth-order valence-corrected chi connectivity index (χ4v) is 2.41. The van der Waals surface area contributed by atoms with Crippen molar-refractivity contribution in [3.8, 4) is 11.8 Å². The maximum atomic E-state index is 13.8. The number of ether oxygens (including phenoxy) is 1. The van der Waals surface area contributed by atoms with Crippen molar-refractivity contribution in [2.75, 3.05) is 13.7 Å². The summed E-state index contributed by atoms with van der Waals surface area (Å²) in [6, 6.07) is 13.4. The zero-order valence-electron chi connectivity index (χ0n) is 13.8. The molecule has 0 radical (unpaired) electrons. The number of carbonyl (C=O) groups is 1. The Balaban J connectivity index is 2.20. The number of amides is 1. The average molecular weight is 326 g/mol. The van der Waals surface area contributed by atoms with Crippen molar-refractivity contribution in [2.45, 2.75) is 19.9 Å². The summed E-state index contributed by atoms with van der Waals surface area (Å²) in [4.78, 5) is 14.3. The predicted molar refractivity (Wildman–Crippen MR) is 89.1 cm³/mol. The summed E-state index contributed by atoms with van der Waals surface area (Å²) in [6.07, 6.45) is 0.792. The maximum absolute atomic E-state index is 13.8. The van der Waals surface area contributed by atoms with E-state index in [0.717, 1.165) is 12.0 Å². The lowest BCUT2D eigenvalue weighted by atomic mass is 10.1. The molecule has 0 atom stereocenters. The van der Waals surface area contributed by atoms with Crippen molar-refractivity contribution in [1.82, 2.24) is 4.90 Å². The van der Waals surface area contributed by atoms with Crippen LogP contribution in [0.15, 0.2) is 42.5 Å². The first kappa shape index (κ1) is 17.5. The van der Waals surface area contributed by atoms with Gasteiger partial charge in [-0.2, -0.15) is 5.26 Å². The number of rotatable bonds is 6. The molecule has 5 heteroatoms. The predicted octanol–water partition coefficient (Wildman–Crippen LogP) is 3.76. The Morgan fingerprint density at radius 1 is 1.25 bits per heavy atom. The van der Waals surface area contributed by atoms with Crippen LogP contribution < -0.4 is 4.74 Å². The minimum atomic E-state index is -0.557. The van der Waals surface area contributed by atoms with Crippen LogP contribution >= 0.6 is 0 Å². The first-order valence-electron chi connectivity index (χ1n) is 7.71. The van der Waals surface area contributed by atoms with Gasteiger partial charge in [0.15, 0.2) is 11.6 Å². The second kappa shape index (κ2) is 8.11. The Bertz CT molecular complexity index is 751. The fourth-order valence-electron chi connectivity index (χ4n) is 2.41. The Morgan fingerprint density at radius 2 is 1.96 bits per heavy atom. The highest BCUT2D eigenvalue weighted by atomic mass is 19.1. The summed E-state index contributed by atoms with van der Waals surface area (Å²) >= 11 is 0. The number of hydrogen-bond acceptors (Lipinski definition) is 3. The van der Waals surface area contributed by atoms with Gasteiger partial charge in [0, 0.05) is 18.7 Å². The third-order valence-corrected chi connectivity index (χ3v) is 3.64. The highest BCUT2D eigenvalue weighted by molar-refractivity contribution is 5.94. The van der Waals surface area contributed by atoms with Crippen LogP contribution in [0.5, 0.6) is 5.75 Å². The molecule has 0 aliphatic heterocycles. The first-order chi connectivity index (χ1) is 11.6. The van der Waals surface area contributed by atoms with Gasteiger partial charge < -0.3 is 9.64 Å². The molecule has 0 aromatic heterocycles. The second-order valence-electron chi connectivity index (χ2n) is 5.38. The molecule has 2 rings (SSSR count). The van der Waals surface area contributed by atoms with Crippen molar-refractivity contribution in [1.29, 1.82) is 5.26 Å². The van der Waals surface area contributed by atoms with Crippen molar-refractivity contribution >= 4 is 5.91 Å². The third-order valence-electron chi connectivity index (χ3n) is 3.64. The number of nitriles is 1. The van der Waals surface area contributed by atoms with Crippen LogP contribution in [0.3, 0.4) is 0 Å². The molecule has 1 amide bonds. The van der Waals surface area contributed by atoms with Crippen LogP contribution in [0.25, 0.3) is 0 Å². The third kappa shape index (κ3) is 4.11. The maximum Gasteiger partial charge on any atom is 0.254 e. The monoisotopic (exact) mass is 326 g/mol. The summed E-state index contributed by atoms with van der Waals surface area (Å²) in [5, 5.41) is 8.84. The van der Waals surface area contributed by atoms with Gasteiger partial charge in [0.2, 0.25) is 0 Å². The molecule has 0 heterocycles. The number of halogens is 1. The van der Waals surface area contributed by atoms with E-state index in [-0.39, 0.29) is 17.2 Å². The van der Waals surface area contributed by atoms with Crippen LogP contribution in [0.1, 0.15) is 34.8 Å². The van der Waals surface area contributed by atoms with Crippen LogP contribution in [-0.4, -0.2) is 24.5 Å². The van der Waals surface area contributed by atoms with Crippen LogP contribution in [-0.2, 0) is 6.54 Å². The number of nitrogens with zero attached hydrogens (tertiary/aromatic N) is 2. The van der Waals surface area contributed by atoms with Crippen LogP contribution in [0, 0.1) is 17.1 Å². The molecule has 124 valence electrons. The van der Waals surface area contributed by atoms with E-state index in [2.05, 4.69) is 6.07 Å². The zero-order valence-corrected chi connectivity index (χ0v) is 13.8. The van der Waals surface area contributed by atoms with E-state index in [1.54, 1.807) is 23.1 Å². The van der Waals surface area contributed by atoms with Gasteiger partial charge in [0.1, 0.15) is 0 Å². The van der Waals surface area contributed by atoms with E-state index in [4.69, 9.17) is 10.00 Å². The fraction of sp³-hybridized carbons (Fsp3) is 0.263. The van der Waals surface area contributed by atoms with Crippen LogP contribution in [0.2, 0.25) is 0 Å². The molecule has 24 heavy (non-hydrogen) atoms. The Hall–Kier alpha value is -2.87. The van der Waals surface area contributed by atoms with Crippen LogP contribution in [0.4, 0.5) is 4.39 Å². The normalized spacial score (nSPS) is 10.1. The quantitative estimate of drug-likeness (QED) is 0.812. The van der Waals surface area contributed by atoms with Gasteiger partial charge in [-0.15, -0.1) is 0 Å². The van der Waals surface area contributed by atoms with Gasteiger partial charge in [0.05, 0.1) is 18.7 Å². The van der Waals surface area contributed by atoms with Crippen molar-refractivity contribution < 1.29 is 13.9 Å². The molecule has 0 spiro atoms. The van der Waals surface area contributed by atoms with Gasteiger partial charge in [-0.25, -0.2) is 4.39 Å². The van der Waals surface area contributed by atoms with E-state index >= 15 is 0 Å². The molecule has 0 saturated heterocycles. The molecule has 2 aromatic carbocycles. The topological polar surface area (TPSA) is 53.3 Å². The molecule has 0 aliphatic carbocycles. The van der Waals surface area contributed by atoms with Gasteiger partial charge in [0.25, 0.3) is 5.91 Å². The summed E-state index contributed by atoms with van der Waals surface area (Å²) in [5.41, 5.74) is 1.78. The Labute approximate surface area is 141 Å². The molecule has 0 N–H and O–H groups in total. The largest absolute Gasteiger partial charge is 0.494 e. The molecule has 0 fully saturated rings. The number of benzene rings is 2. The zero-order chi connectivity index (χ0) is 17.5. The van der Waals surface area contributed by atoms with E-state index in [1.807, 2.05) is 19.1 Å². The van der Waals surface area contributed by atoms with E-state index in [1.165, 1.54) is 19.2 Å². The van der Waals surface area contributed by atoms with E-state index in [9.17, 15) is 9.18 Å². The lowest BCUT2D eigenvalue weighted by molar-refractivity contribution is 0.0742. The van der Waals surface area contributed by atoms with Gasteiger partial charge in [-0.05, 0) is 42.3 Å². The Kier molecular flexibility index (Phi) is 5.91. The molecule has 0 aliphatic rings. The number of hydrogen-bond donors (Lipinski definition) is 0. The molecular weight excluding hydrogens is 307 g/mol. The highest BCUT2D eigenvalue weighted by Gasteiger charge is 2.17. The molecule has 2 aromatic rings. The van der Waals surface area contributed by atoms with Crippen molar-refractivity contribution in [2.24, 2.45) is 0 Å². The minimum Gasteiger partial charge on any atom is -0.494 e. The first-order valence-corrected chi connectivity index (χ1v) is 7.71. The van der Waals surface area contributed by atoms with E-state index in [0.29, 0.717) is 18.7 Å². The van der Waals surface area contributed by atoms with Gasteiger partial charge in [-0.3, -0.25) is 4.79 Å². The second-order valence-corrected chi connectivity index (χ2v) is 5.38. The molecule has 4 nitrogen and oxygen atoms in total. The molecular formula is C19H19FN2O2. The summed E-state index contributed by atoms with van der Waals surface area (Å²) in [5.74, 6) is -0.679. The molecule has 0 unspecified atom stereocenters. The molecule has 0 bridgehead atoms. The lowest BCUT2D eigenvalue weighted by Crippen LogP contribution is -2.31. The minimum absolute atomic E-state index is 0.112. The van der Waals surface area contributed by atoms with Crippen molar-refractivity contribution in [3.05, 3.63) is 65.0 Å².